The highest BCUT2D eigenvalue weighted by molar-refractivity contribution is 5.72. The Balaban J connectivity index is 1.94. The van der Waals surface area contributed by atoms with Crippen LogP contribution in [0.1, 0.15) is 42.5 Å². The van der Waals surface area contributed by atoms with Crippen LogP contribution in [0, 0.1) is 13.8 Å². The zero-order valence-electron chi connectivity index (χ0n) is 12.6. The van der Waals surface area contributed by atoms with Crippen molar-refractivity contribution in [2.24, 2.45) is 5.73 Å². The summed E-state index contributed by atoms with van der Waals surface area (Å²) < 4.78 is 0. The van der Waals surface area contributed by atoms with E-state index >= 15 is 0 Å². The van der Waals surface area contributed by atoms with Crippen molar-refractivity contribution in [3.05, 3.63) is 34.9 Å². The smallest absolute Gasteiger partial charge is 0.314 e. The summed E-state index contributed by atoms with van der Waals surface area (Å²) in [6.45, 7) is 8.00. The third-order valence-electron chi connectivity index (χ3n) is 4.19. The molecule has 1 fully saturated rings. The fourth-order valence-corrected chi connectivity index (χ4v) is 2.94. The van der Waals surface area contributed by atoms with Crippen molar-refractivity contribution < 1.29 is 4.79 Å². The largest absolute Gasteiger partial charge is 0.351 e. The second-order valence-corrected chi connectivity index (χ2v) is 5.85. The first-order chi connectivity index (χ1) is 9.47. The average molecular weight is 275 g/mol. The predicted octanol–water partition coefficient (Wildman–Crippen LogP) is 2.50. The van der Waals surface area contributed by atoms with E-state index in [-0.39, 0.29) is 6.03 Å². The van der Waals surface area contributed by atoms with Crippen LogP contribution in [0.4, 0.5) is 4.79 Å². The number of rotatable bonds is 3. The first-order valence-electron chi connectivity index (χ1n) is 7.35. The molecular weight excluding hydrogens is 250 g/mol. The quantitative estimate of drug-likeness (QED) is 0.890. The van der Waals surface area contributed by atoms with Crippen molar-refractivity contribution in [3.63, 3.8) is 0 Å². The van der Waals surface area contributed by atoms with Crippen LogP contribution < -0.4 is 11.1 Å². The van der Waals surface area contributed by atoms with Gasteiger partial charge in [-0.1, -0.05) is 23.8 Å². The Morgan fingerprint density at radius 2 is 2.00 bits per heavy atom. The zero-order valence-corrected chi connectivity index (χ0v) is 12.6. The van der Waals surface area contributed by atoms with Crippen molar-refractivity contribution in [1.29, 1.82) is 0 Å². The standard InChI is InChI=1S/C16H25N3O/c1-11-4-5-12(2)15(10-11)13(3)18-14-6-8-19(9-7-14)16(17)20/h4-5,10,13-14,18H,6-9H2,1-3H3,(H2,17,20). The number of hydrogen-bond donors (Lipinski definition) is 2. The molecule has 1 heterocycles. The predicted molar refractivity (Wildman–Crippen MR) is 81.6 cm³/mol. The lowest BCUT2D eigenvalue weighted by Gasteiger charge is -2.33. The van der Waals surface area contributed by atoms with Gasteiger partial charge in [-0.25, -0.2) is 4.79 Å². The highest BCUT2D eigenvalue weighted by Gasteiger charge is 2.22. The van der Waals surface area contributed by atoms with Crippen LogP contribution in [-0.2, 0) is 0 Å². The number of primary amides is 1. The van der Waals surface area contributed by atoms with Crippen LogP contribution in [0.3, 0.4) is 0 Å². The SMILES string of the molecule is Cc1ccc(C)c(C(C)NC2CCN(C(N)=O)CC2)c1. The van der Waals surface area contributed by atoms with Gasteiger partial charge < -0.3 is 16.0 Å². The fraction of sp³-hybridized carbons (Fsp3) is 0.562. The first kappa shape index (κ1) is 14.9. The summed E-state index contributed by atoms with van der Waals surface area (Å²) in [7, 11) is 0. The van der Waals surface area contributed by atoms with E-state index in [4.69, 9.17) is 5.73 Å². The third kappa shape index (κ3) is 3.51. The maximum Gasteiger partial charge on any atom is 0.314 e. The van der Waals surface area contributed by atoms with Gasteiger partial charge in [0.25, 0.3) is 0 Å². The highest BCUT2D eigenvalue weighted by atomic mass is 16.2. The summed E-state index contributed by atoms with van der Waals surface area (Å²) in [6, 6.07) is 7.08. The minimum absolute atomic E-state index is 0.300. The van der Waals surface area contributed by atoms with Gasteiger partial charge in [-0.2, -0.15) is 0 Å². The molecule has 1 aliphatic rings. The van der Waals surface area contributed by atoms with Gasteiger partial charge in [0.15, 0.2) is 0 Å². The van der Waals surface area contributed by atoms with Gasteiger partial charge in [-0.3, -0.25) is 0 Å². The number of amides is 2. The summed E-state index contributed by atoms with van der Waals surface area (Å²) in [5, 5.41) is 3.68. The van der Waals surface area contributed by atoms with E-state index in [2.05, 4.69) is 44.3 Å². The molecular formula is C16H25N3O. The van der Waals surface area contributed by atoms with Crippen molar-refractivity contribution in [2.45, 2.75) is 45.7 Å². The normalized spacial score (nSPS) is 18.1. The molecule has 20 heavy (non-hydrogen) atoms. The Labute approximate surface area is 121 Å². The number of carbonyl (C=O) groups is 1. The number of hydrogen-bond acceptors (Lipinski definition) is 2. The van der Waals surface area contributed by atoms with Crippen molar-refractivity contribution in [2.75, 3.05) is 13.1 Å². The lowest BCUT2D eigenvalue weighted by Crippen LogP contribution is -2.47. The lowest BCUT2D eigenvalue weighted by molar-refractivity contribution is 0.183. The molecule has 2 amide bonds. The second kappa shape index (κ2) is 6.27. The van der Waals surface area contributed by atoms with Crippen LogP contribution in [0.25, 0.3) is 0 Å². The van der Waals surface area contributed by atoms with Gasteiger partial charge in [0.05, 0.1) is 0 Å². The molecule has 110 valence electrons. The van der Waals surface area contributed by atoms with Crippen LogP contribution >= 0.6 is 0 Å². The summed E-state index contributed by atoms with van der Waals surface area (Å²) in [4.78, 5) is 12.8. The molecule has 4 heteroatoms. The number of piperidine rings is 1. The number of likely N-dealkylation sites (tertiary alicyclic amines) is 1. The number of aryl methyl sites for hydroxylation is 2. The van der Waals surface area contributed by atoms with Crippen molar-refractivity contribution in [1.82, 2.24) is 10.2 Å². The van der Waals surface area contributed by atoms with E-state index < -0.39 is 0 Å². The van der Waals surface area contributed by atoms with Crippen LogP contribution in [-0.4, -0.2) is 30.1 Å². The van der Waals surface area contributed by atoms with Crippen LogP contribution in [0.15, 0.2) is 18.2 Å². The molecule has 1 aromatic carbocycles. The summed E-state index contributed by atoms with van der Waals surface area (Å²) in [5.41, 5.74) is 9.29. The molecule has 3 N–H and O–H groups in total. The number of urea groups is 1. The molecule has 1 atom stereocenters. The number of carbonyl (C=O) groups excluding carboxylic acids is 1. The van der Waals surface area contributed by atoms with Gasteiger partial charge in [0, 0.05) is 25.2 Å². The Bertz CT molecular complexity index is 479. The van der Waals surface area contributed by atoms with Crippen LogP contribution in [0.2, 0.25) is 0 Å². The lowest BCUT2D eigenvalue weighted by atomic mass is 9.97. The molecule has 0 spiro atoms. The van der Waals surface area contributed by atoms with Crippen molar-refractivity contribution >= 4 is 6.03 Å². The molecule has 4 nitrogen and oxygen atoms in total. The molecule has 0 radical (unpaired) electrons. The summed E-state index contributed by atoms with van der Waals surface area (Å²) in [5.74, 6) is 0. The van der Waals surface area contributed by atoms with Gasteiger partial charge in [-0.15, -0.1) is 0 Å². The Morgan fingerprint density at radius 1 is 1.35 bits per heavy atom. The molecule has 0 aliphatic carbocycles. The Kier molecular flexibility index (Phi) is 4.65. The number of nitrogens with zero attached hydrogens (tertiary/aromatic N) is 1. The minimum atomic E-state index is -0.300. The molecule has 1 aliphatic heterocycles. The van der Waals surface area contributed by atoms with E-state index in [1.807, 2.05) is 0 Å². The van der Waals surface area contributed by atoms with E-state index in [9.17, 15) is 4.79 Å². The maximum atomic E-state index is 11.1. The molecule has 2 rings (SSSR count). The van der Waals surface area contributed by atoms with Gasteiger partial charge in [0.2, 0.25) is 0 Å². The van der Waals surface area contributed by atoms with E-state index in [1.54, 1.807) is 4.90 Å². The second-order valence-electron chi connectivity index (χ2n) is 5.85. The number of nitrogens with two attached hydrogens (primary N) is 1. The molecule has 1 aromatic rings. The number of benzene rings is 1. The monoisotopic (exact) mass is 275 g/mol. The maximum absolute atomic E-state index is 11.1. The van der Waals surface area contributed by atoms with E-state index in [0.29, 0.717) is 12.1 Å². The summed E-state index contributed by atoms with van der Waals surface area (Å²) in [6.07, 6.45) is 1.94. The minimum Gasteiger partial charge on any atom is -0.351 e. The van der Waals surface area contributed by atoms with Gasteiger partial charge >= 0.3 is 6.03 Å². The Hall–Kier alpha value is -1.55. The first-order valence-corrected chi connectivity index (χ1v) is 7.35. The average Bonchev–Trinajstić information content (AvgIpc) is 2.42. The highest BCUT2D eigenvalue weighted by Crippen LogP contribution is 2.21. The molecule has 1 unspecified atom stereocenters. The Morgan fingerprint density at radius 3 is 2.60 bits per heavy atom. The third-order valence-corrected chi connectivity index (χ3v) is 4.19. The van der Waals surface area contributed by atoms with Crippen molar-refractivity contribution in [3.8, 4) is 0 Å². The summed E-state index contributed by atoms with van der Waals surface area (Å²) >= 11 is 0. The number of nitrogens with one attached hydrogen (secondary N) is 1. The van der Waals surface area contributed by atoms with Crippen LogP contribution in [0.5, 0.6) is 0 Å². The van der Waals surface area contributed by atoms with Gasteiger partial charge in [-0.05, 0) is 44.7 Å². The zero-order chi connectivity index (χ0) is 14.7. The fourth-order valence-electron chi connectivity index (χ4n) is 2.94. The molecule has 0 saturated carbocycles. The van der Waals surface area contributed by atoms with Gasteiger partial charge in [0.1, 0.15) is 0 Å². The topological polar surface area (TPSA) is 58.4 Å². The molecule has 0 aromatic heterocycles. The molecule has 1 saturated heterocycles. The van der Waals surface area contributed by atoms with E-state index in [1.165, 1.54) is 16.7 Å². The molecule has 0 bridgehead atoms. The van der Waals surface area contributed by atoms with E-state index in [0.717, 1.165) is 25.9 Å².